The van der Waals surface area contributed by atoms with Crippen LogP contribution in [0.25, 0.3) is 0 Å². The van der Waals surface area contributed by atoms with Crippen molar-refractivity contribution in [2.75, 3.05) is 6.61 Å². The number of amides is 1. The lowest BCUT2D eigenvalue weighted by Crippen LogP contribution is -2.60. The van der Waals surface area contributed by atoms with E-state index in [0.29, 0.717) is 0 Å². The summed E-state index contributed by atoms with van der Waals surface area (Å²) in [6.07, 6.45) is -8.51. The zero-order valence-corrected chi connectivity index (χ0v) is 7.68. The Balaban J connectivity index is 2.74. The molecule has 88 valence electrons. The third-order valence-corrected chi connectivity index (χ3v) is 2.09. The highest BCUT2D eigenvalue weighted by Crippen LogP contribution is 2.21. The van der Waals surface area contributed by atoms with Gasteiger partial charge in [-0.1, -0.05) is 0 Å². The molecule has 0 aromatic rings. The number of primary amides is 1. The molecule has 1 aliphatic rings. The molecule has 0 radical (unpaired) electrons. The lowest BCUT2D eigenvalue weighted by molar-refractivity contribution is -0.285. The van der Waals surface area contributed by atoms with E-state index in [-0.39, 0.29) is 0 Å². The molecule has 1 fully saturated rings. The average molecular weight is 223 g/mol. The average Bonchev–Trinajstić information content (AvgIpc) is 2.18. The normalized spacial score (nSPS) is 41.2. The van der Waals surface area contributed by atoms with E-state index in [9.17, 15) is 15.0 Å². The Labute approximate surface area is 84.8 Å². The second-order valence-corrected chi connectivity index (χ2v) is 3.13. The minimum absolute atomic E-state index is 0.594. The molecule has 1 heterocycles. The molecule has 5 atom stereocenters. The van der Waals surface area contributed by atoms with Crippen molar-refractivity contribution in [1.29, 1.82) is 0 Å². The molecule has 0 saturated carbocycles. The van der Waals surface area contributed by atoms with Crippen LogP contribution in [0.1, 0.15) is 0 Å². The van der Waals surface area contributed by atoms with E-state index in [2.05, 4.69) is 9.47 Å². The predicted molar refractivity (Wildman–Crippen MR) is 44.4 cm³/mol. The van der Waals surface area contributed by atoms with Crippen LogP contribution in [-0.4, -0.2) is 63.8 Å². The highest BCUT2D eigenvalue weighted by Gasteiger charge is 2.45. The SMILES string of the molecule is NC(=O)OC1C(O)C(O)OC(CO)C1O. The fourth-order valence-corrected chi connectivity index (χ4v) is 1.34. The van der Waals surface area contributed by atoms with Gasteiger partial charge in [-0.3, -0.25) is 0 Å². The zero-order valence-electron chi connectivity index (χ0n) is 7.68. The van der Waals surface area contributed by atoms with Gasteiger partial charge in [0.25, 0.3) is 0 Å². The Bertz CT molecular complexity index is 235. The second-order valence-electron chi connectivity index (χ2n) is 3.13. The van der Waals surface area contributed by atoms with E-state index in [0.717, 1.165) is 0 Å². The molecule has 0 aromatic heterocycles. The molecule has 0 aliphatic carbocycles. The van der Waals surface area contributed by atoms with Gasteiger partial charge >= 0.3 is 6.09 Å². The quantitative estimate of drug-likeness (QED) is 0.333. The van der Waals surface area contributed by atoms with E-state index in [1.165, 1.54) is 0 Å². The van der Waals surface area contributed by atoms with Crippen molar-refractivity contribution in [2.45, 2.75) is 30.7 Å². The molecule has 0 bridgehead atoms. The standard InChI is InChI=1S/C7H13NO7/c8-7(13)15-5-3(10)2(1-9)14-6(12)4(5)11/h2-6,9-12H,1H2,(H2,8,13). The molecule has 1 amide bonds. The fourth-order valence-electron chi connectivity index (χ4n) is 1.34. The molecular formula is C7H13NO7. The number of nitrogens with two attached hydrogens (primary N) is 1. The maximum Gasteiger partial charge on any atom is 0.404 e. The Morgan fingerprint density at radius 3 is 2.40 bits per heavy atom. The minimum atomic E-state index is -1.66. The van der Waals surface area contributed by atoms with Gasteiger partial charge in [0.1, 0.15) is 18.3 Å². The van der Waals surface area contributed by atoms with Crippen molar-refractivity contribution in [2.24, 2.45) is 5.73 Å². The number of carbonyl (C=O) groups excluding carboxylic acids is 1. The summed E-state index contributed by atoms with van der Waals surface area (Å²) in [4.78, 5) is 10.5. The lowest BCUT2D eigenvalue weighted by Gasteiger charge is -2.39. The van der Waals surface area contributed by atoms with Crippen LogP contribution in [0, 0.1) is 0 Å². The van der Waals surface area contributed by atoms with Crippen molar-refractivity contribution < 1.29 is 34.7 Å². The number of carbonyl (C=O) groups is 1. The van der Waals surface area contributed by atoms with Crippen LogP contribution in [-0.2, 0) is 9.47 Å². The molecule has 1 rings (SSSR count). The lowest BCUT2D eigenvalue weighted by atomic mass is 9.99. The van der Waals surface area contributed by atoms with E-state index in [4.69, 9.17) is 15.9 Å². The van der Waals surface area contributed by atoms with Crippen LogP contribution in [0.5, 0.6) is 0 Å². The van der Waals surface area contributed by atoms with Gasteiger partial charge in [-0.15, -0.1) is 0 Å². The number of rotatable bonds is 2. The Morgan fingerprint density at radius 1 is 1.33 bits per heavy atom. The molecule has 0 spiro atoms. The molecule has 6 N–H and O–H groups in total. The monoisotopic (exact) mass is 223 g/mol. The Morgan fingerprint density at radius 2 is 1.93 bits per heavy atom. The van der Waals surface area contributed by atoms with Crippen molar-refractivity contribution >= 4 is 6.09 Å². The smallest absolute Gasteiger partial charge is 0.404 e. The first-order valence-corrected chi connectivity index (χ1v) is 4.24. The zero-order chi connectivity index (χ0) is 11.6. The Hall–Kier alpha value is -0.930. The maximum atomic E-state index is 10.5. The molecule has 1 saturated heterocycles. The van der Waals surface area contributed by atoms with Crippen molar-refractivity contribution in [3.05, 3.63) is 0 Å². The van der Waals surface area contributed by atoms with Crippen LogP contribution >= 0.6 is 0 Å². The van der Waals surface area contributed by atoms with Crippen LogP contribution in [0.4, 0.5) is 4.79 Å². The molecular weight excluding hydrogens is 210 g/mol. The number of hydrogen-bond acceptors (Lipinski definition) is 7. The van der Waals surface area contributed by atoms with Gasteiger partial charge in [0.05, 0.1) is 6.61 Å². The highest BCUT2D eigenvalue weighted by molar-refractivity contribution is 5.65. The summed E-state index contributed by atoms with van der Waals surface area (Å²) in [5.74, 6) is 0. The first-order valence-electron chi connectivity index (χ1n) is 4.24. The van der Waals surface area contributed by atoms with E-state index < -0.39 is 43.4 Å². The van der Waals surface area contributed by atoms with E-state index >= 15 is 0 Å². The van der Waals surface area contributed by atoms with Crippen LogP contribution in [0.3, 0.4) is 0 Å². The predicted octanol–water partition coefficient (Wildman–Crippen LogP) is -3.12. The number of ether oxygens (including phenoxy) is 2. The van der Waals surface area contributed by atoms with Crippen LogP contribution in [0.15, 0.2) is 0 Å². The number of aliphatic hydroxyl groups excluding tert-OH is 4. The first kappa shape index (κ1) is 12.1. The summed E-state index contributed by atoms with van der Waals surface area (Å²) >= 11 is 0. The number of hydrogen-bond donors (Lipinski definition) is 5. The minimum Gasteiger partial charge on any atom is -0.441 e. The van der Waals surface area contributed by atoms with Gasteiger partial charge < -0.3 is 35.6 Å². The van der Waals surface area contributed by atoms with E-state index in [1.54, 1.807) is 0 Å². The summed E-state index contributed by atoms with van der Waals surface area (Å²) in [5, 5.41) is 36.7. The largest absolute Gasteiger partial charge is 0.441 e. The maximum absolute atomic E-state index is 10.5. The molecule has 15 heavy (non-hydrogen) atoms. The van der Waals surface area contributed by atoms with Crippen molar-refractivity contribution in [3.8, 4) is 0 Å². The topological polar surface area (TPSA) is 142 Å². The van der Waals surface area contributed by atoms with Gasteiger partial charge in [0.2, 0.25) is 0 Å². The summed E-state index contributed by atoms with van der Waals surface area (Å²) in [5.41, 5.74) is 4.71. The van der Waals surface area contributed by atoms with Crippen LogP contribution in [0.2, 0.25) is 0 Å². The van der Waals surface area contributed by atoms with Gasteiger partial charge in [-0.05, 0) is 0 Å². The van der Waals surface area contributed by atoms with Crippen molar-refractivity contribution in [1.82, 2.24) is 0 Å². The van der Waals surface area contributed by atoms with E-state index in [1.807, 2.05) is 0 Å². The molecule has 0 aromatic carbocycles. The van der Waals surface area contributed by atoms with Crippen LogP contribution < -0.4 is 5.73 Å². The summed E-state index contributed by atoms with van der Waals surface area (Å²) in [6.45, 7) is -0.594. The third-order valence-electron chi connectivity index (χ3n) is 2.09. The Kier molecular flexibility index (Phi) is 3.83. The van der Waals surface area contributed by atoms with Crippen molar-refractivity contribution in [3.63, 3.8) is 0 Å². The first-order chi connectivity index (χ1) is 6.97. The summed E-state index contributed by atoms with van der Waals surface area (Å²) in [6, 6.07) is 0. The summed E-state index contributed by atoms with van der Waals surface area (Å²) in [7, 11) is 0. The molecule has 8 heteroatoms. The van der Waals surface area contributed by atoms with Gasteiger partial charge in [0.15, 0.2) is 12.4 Å². The highest BCUT2D eigenvalue weighted by atomic mass is 16.7. The fraction of sp³-hybridized carbons (Fsp3) is 0.857. The summed E-state index contributed by atoms with van der Waals surface area (Å²) < 4.78 is 9.05. The molecule has 8 nitrogen and oxygen atoms in total. The van der Waals surface area contributed by atoms with Gasteiger partial charge in [0, 0.05) is 0 Å². The third kappa shape index (κ3) is 2.55. The second kappa shape index (κ2) is 4.73. The molecule has 1 aliphatic heterocycles. The van der Waals surface area contributed by atoms with Gasteiger partial charge in [-0.25, -0.2) is 4.79 Å². The molecule has 5 unspecified atom stereocenters. The number of aliphatic hydroxyl groups is 4. The van der Waals surface area contributed by atoms with Gasteiger partial charge in [-0.2, -0.15) is 0 Å².